The number of oxime groups is 1. The summed E-state index contributed by atoms with van der Waals surface area (Å²) in [6.07, 6.45) is 2.94. The van der Waals surface area contributed by atoms with Gasteiger partial charge in [0.1, 0.15) is 21.5 Å². The van der Waals surface area contributed by atoms with Crippen LogP contribution in [0.5, 0.6) is 0 Å². The highest BCUT2D eigenvalue weighted by Gasteiger charge is 2.26. The summed E-state index contributed by atoms with van der Waals surface area (Å²) in [7, 11) is -3.00. The predicted molar refractivity (Wildman–Crippen MR) is 137 cm³/mol. The van der Waals surface area contributed by atoms with Gasteiger partial charge in [0.25, 0.3) is 0 Å². The summed E-state index contributed by atoms with van der Waals surface area (Å²) in [5.41, 5.74) is 3.04. The number of hydrogen-bond donors (Lipinski definition) is 1. The number of halogens is 2. The van der Waals surface area contributed by atoms with Crippen molar-refractivity contribution in [3.05, 3.63) is 100 Å². The highest BCUT2D eigenvalue weighted by molar-refractivity contribution is 7.91. The molecule has 0 saturated carbocycles. The maximum Gasteiger partial charge on any atom is 0.163 e. The Labute approximate surface area is 215 Å². The topological polar surface area (TPSA) is 96.7 Å². The Morgan fingerprint density at radius 3 is 2.38 bits per heavy atom. The van der Waals surface area contributed by atoms with E-state index >= 15 is 0 Å². The highest BCUT2D eigenvalue weighted by Crippen LogP contribution is 2.33. The van der Waals surface area contributed by atoms with Crippen molar-refractivity contribution < 1.29 is 27.2 Å². The molecular formula is C28H28F2N2O4S. The minimum Gasteiger partial charge on any atom is -0.411 e. The van der Waals surface area contributed by atoms with Crippen molar-refractivity contribution in [1.29, 1.82) is 0 Å². The fourth-order valence-corrected chi connectivity index (χ4v) is 6.34. The highest BCUT2D eigenvalue weighted by atomic mass is 32.2. The third kappa shape index (κ3) is 6.65. The molecule has 194 valence electrons. The van der Waals surface area contributed by atoms with Crippen molar-refractivity contribution in [1.82, 2.24) is 4.98 Å². The second-order valence-electron chi connectivity index (χ2n) is 9.50. The number of sulfone groups is 1. The van der Waals surface area contributed by atoms with Crippen molar-refractivity contribution in [3.63, 3.8) is 0 Å². The van der Waals surface area contributed by atoms with Gasteiger partial charge in [0, 0.05) is 47.8 Å². The Hall–Kier alpha value is -3.46. The molecule has 0 aliphatic carbocycles. The summed E-state index contributed by atoms with van der Waals surface area (Å²) in [6.45, 7) is 1.80. The zero-order chi connectivity index (χ0) is 26.6. The van der Waals surface area contributed by atoms with Gasteiger partial charge in [0.15, 0.2) is 5.78 Å². The van der Waals surface area contributed by atoms with E-state index in [1.54, 1.807) is 49.5 Å². The normalized spacial score (nSPS) is 16.9. The minimum absolute atomic E-state index is 0.0314. The summed E-state index contributed by atoms with van der Waals surface area (Å²) in [5.74, 6) is -1.86. The van der Waals surface area contributed by atoms with E-state index in [9.17, 15) is 27.2 Å². The number of benzene rings is 2. The smallest absolute Gasteiger partial charge is 0.163 e. The van der Waals surface area contributed by atoms with Crippen LogP contribution in [-0.4, -0.2) is 41.6 Å². The molecule has 0 bridgehead atoms. The molecule has 1 N–H and O–H groups in total. The third-order valence-corrected chi connectivity index (χ3v) is 8.58. The lowest BCUT2D eigenvalue weighted by Crippen LogP contribution is -2.24. The van der Waals surface area contributed by atoms with Crippen LogP contribution in [0.15, 0.2) is 65.9 Å². The number of hydrogen-bond acceptors (Lipinski definition) is 6. The van der Waals surface area contributed by atoms with Gasteiger partial charge < -0.3 is 5.21 Å². The molecule has 1 fully saturated rings. The average molecular weight is 527 g/mol. The quantitative estimate of drug-likeness (QED) is 0.182. The van der Waals surface area contributed by atoms with E-state index < -0.39 is 27.4 Å². The number of carbonyl (C=O) groups excluding carboxylic acids is 1. The average Bonchev–Trinajstić information content (AvgIpc) is 2.87. The predicted octanol–water partition coefficient (Wildman–Crippen LogP) is 5.47. The van der Waals surface area contributed by atoms with E-state index in [1.807, 2.05) is 0 Å². The van der Waals surface area contributed by atoms with Crippen LogP contribution in [0.2, 0.25) is 0 Å². The molecule has 2 heterocycles. The fraction of sp³-hybridized carbons (Fsp3) is 0.321. The van der Waals surface area contributed by atoms with E-state index in [-0.39, 0.29) is 41.6 Å². The van der Waals surface area contributed by atoms with E-state index in [2.05, 4.69) is 10.1 Å². The maximum absolute atomic E-state index is 14.9. The summed E-state index contributed by atoms with van der Waals surface area (Å²) in [5, 5.41) is 13.2. The van der Waals surface area contributed by atoms with Crippen molar-refractivity contribution >= 4 is 21.3 Å². The van der Waals surface area contributed by atoms with E-state index in [4.69, 9.17) is 0 Å². The fourth-order valence-electron chi connectivity index (χ4n) is 4.75. The molecule has 1 aliphatic rings. The minimum atomic E-state index is -3.00. The van der Waals surface area contributed by atoms with E-state index in [0.29, 0.717) is 35.2 Å². The van der Waals surface area contributed by atoms with Crippen LogP contribution >= 0.6 is 0 Å². The third-order valence-electron chi connectivity index (χ3n) is 6.87. The van der Waals surface area contributed by atoms with Gasteiger partial charge in [-0.05, 0) is 55.0 Å². The van der Waals surface area contributed by atoms with E-state index in [0.717, 1.165) is 11.8 Å². The number of pyridine rings is 1. The molecule has 1 aliphatic heterocycles. The molecule has 1 saturated heterocycles. The first-order valence-electron chi connectivity index (χ1n) is 12.1. The zero-order valence-electron chi connectivity index (χ0n) is 20.4. The van der Waals surface area contributed by atoms with Gasteiger partial charge in [-0.1, -0.05) is 35.5 Å². The van der Waals surface area contributed by atoms with Crippen molar-refractivity contribution in [2.75, 3.05) is 11.5 Å². The summed E-state index contributed by atoms with van der Waals surface area (Å²) >= 11 is 0. The number of nitrogens with zero attached hydrogens (tertiary/aromatic N) is 2. The lowest BCUT2D eigenvalue weighted by atomic mass is 9.84. The van der Waals surface area contributed by atoms with Gasteiger partial charge in [0.2, 0.25) is 0 Å². The number of aromatic nitrogens is 1. The second-order valence-corrected chi connectivity index (χ2v) is 11.8. The van der Waals surface area contributed by atoms with Crippen molar-refractivity contribution in [3.8, 4) is 0 Å². The number of rotatable bonds is 8. The molecule has 2 aromatic carbocycles. The molecule has 0 amide bonds. The Balaban J connectivity index is 1.59. The molecule has 4 rings (SSSR count). The van der Waals surface area contributed by atoms with Gasteiger partial charge in [-0.2, -0.15) is 0 Å². The SMILES string of the molecule is Cc1cc(/C(CC(c2ccc(C(=O)CC3CCS(=O)(=O)CC3)cc2)c2ccc(F)cc2F)=N/O)ccn1. The van der Waals surface area contributed by atoms with Crippen molar-refractivity contribution in [2.24, 2.45) is 11.1 Å². The molecule has 0 radical (unpaired) electrons. The van der Waals surface area contributed by atoms with Crippen LogP contribution in [0, 0.1) is 24.5 Å². The van der Waals surface area contributed by atoms with Gasteiger partial charge in [-0.3, -0.25) is 9.78 Å². The molecule has 3 aromatic rings. The molecule has 37 heavy (non-hydrogen) atoms. The van der Waals surface area contributed by atoms with E-state index in [1.165, 1.54) is 12.1 Å². The zero-order valence-corrected chi connectivity index (χ0v) is 21.2. The Morgan fingerprint density at radius 2 is 1.76 bits per heavy atom. The number of aryl methyl sites for hydroxylation is 1. The number of Topliss-reactive ketones (excluding diaryl/α,β-unsaturated/α-hetero) is 1. The molecule has 1 unspecified atom stereocenters. The van der Waals surface area contributed by atoms with Crippen LogP contribution < -0.4 is 0 Å². The standard InChI is InChI=1S/C28H28F2N2O4S/c1-18-14-22(8-11-31-18)27(32-34)17-25(24-7-6-23(29)16-26(24)30)20-2-4-21(5-3-20)28(33)15-19-9-12-37(35,36)13-10-19/h2-8,11,14,16,19,25,34H,9-10,12-13,15,17H2,1H3/b32-27+. The summed E-state index contributed by atoms with van der Waals surface area (Å²) < 4.78 is 51.8. The van der Waals surface area contributed by atoms with Crippen LogP contribution in [0.4, 0.5) is 8.78 Å². The molecule has 1 atom stereocenters. The Morgan fingerprint density at radius 1 is 1.05 bits per heavy atom. The Bertz CT molecular complexity index is 1410. The molecule has 0 spiro atoms. The molecule has 9 heteroatoms. The van der Waals surface area contributed by atoms with Gasteiger partial charge >= 0.3 is 0 Å². The lowest BCUT2D eigenvalue weighted by Gasteiger charge is -2.22. The van der Waals surface area contributed by atoms with Crippen LogP contribution in [-0.2, 0) is 9.84 Å². The second kappa shape index (κ2) is 11.3. The molecule has 6 nitrogen and oxygen atoms in total. The summed E-state index contributed by atoms with van der Waals surface area (Å²) in [6, 6.07) is 13.6. The van der Waals surface area contributed by atoms with Crippen LogP contribution in [0.25, 0.3) is 0 Å². The summed E-state index contributed by atoms with van der Waals surface area (Å²) in [4.78, 5) is 17.0. The first-order valence-corrected chi connectivity index (χ1v) is 13.9. The lowest BCUT2D eigenvalue weighted by molar-refractivity contribution is 0.0958. The monoisotopic (exact) mass is 526 g/mol. The number of ketones is 1. The van der Waals surface area contributed by atoms with Gasteiger partial charge in [-0.15, -0.1) is 0 Å². The van der Waals surface area contributed by atoms with Crippen LogP contribution in [0.3, 0.4) is 0 Å². The first kappa shape index (κ1) is 26.6. The number of carbonyl (C=O) groups is 1. The maximum atomic E-state index is 14.9. The van der Waals surface area contributed by atoms with Crippen molar-refractivity contribution in [2.45, 2.75) is 38.5 Å². The van der Waals surface area contributed by atoms with Gasteiger partial charge in [0.05, 0.1) is 17.2 Å². The first-order chi connectivity index (χ1) is 17.6. The largest absolute Gasteiger partial charge is 0.411 e. The van der Waals surface area contributed by atoms with Crippen LogP contribution in [0.1, 0.15) is 64.3 Å². The molecule has 1 aromatic heterocycles. The Kier molecular flexibility index (Phi) is 8.12. The molecular weight excluding hydrogens is 498 g/mol. The van der Waals surface area contributed by atoms with Gasteiger partial charge in [-0.25, -0.2) is 17.2 Å².